The van der Waals surface area contributed by atoms with Crippen molar-refractivity contribution in [1.29, 1.82) is 0 Å². The van der Waals surface area contributed by atoms with Crippen LogP contribution in [0.25, 0.3) is 22.4 Å². The molecular formula is C22H21ClN2O4S. The Morgan fingerprint density at radius 1 is 1.10 bits per heavy atom. The van der Waals surface area contributed by atoms with Gasteiger partial charge in [-0.2, -0.15) is 0 Å². The lowest BCUT2D eigenvalue weighted by Gasteiger charge is -2.14. The third kappa shape index (κ3) is 5.24. The fraction of sp³-hybridized carbons (Fsp3) is 0.182. The summed E-state index contributed by atoms with van der Waals surface area (Å²) in [5.74, 6) is -0.445. The average molecular weight is 445 g/mol. The summed E-state index contributed by atoms with van der Waals surface area (Å²) in [5.41, 5.74) is 5.21. The first-order chi connectivity index (χ1) is 14.3. The molecule has 3 aromatic rings. The van der Waals surface area contributed by atoms with Crippen molar-refractivity contribution in [3.63, 3.8) is 0 Å². The number of amides is 1. The summed E-state index contributed by atoms with van der Waals surface area (Å²) in [6.07, 6.45) is 4.16. The molecule has 156 valence electrons. The number of rotatable bonds is 7. The average Bonchev–Trinajstić information content (AvgIpc) is 2.73. The number of carbonyl (C=O) groups is 1. The third-order valence-electron chi connectivity index (χ3n) is 4.64. The van der Waals surface area contributed by atoms with Crippen molar-refractivity contribution >= 4 is 27.3 Å². The largest absolute Gasteiger partial charge is 0.289 e. The van der Waals surface area contributed by atoms with Crippen LogP contribution in [-0.4, -0.2) is 30.8 Å². The Bertz CT molecular complexity index is 1160. The van der Waals surface area contributed by atoms with E-state index >= 15 is 0 Å². The molecule has 8 heteroatoms. The summed E-state index contributed by atoms with van der Waals surface area (Å²) >= 11 is 6.03. The summed E-state index contributed by atoms with van der Waals surface area (Å²) in [6, 6.07) is 16.0. The standard InChI is InChI=1S/C22H21ClN2O4S/c1-30(28,29)20-7-3-2-6-18(20)22-19(16-9-11-17(23)12-10-16)13-15(14-24-22)5-4-8-21(26)25-27/h2-3,6-7,9-14,27H,4-5,8H2,1H3,(H,25,26). The van der Waals surface area contributed by atoms with Gasteiger partial charge in [-0.25, -0.2) is 13.9 Å². The third-order valence-corrected chi connectivity index (χ3v) is 6.04. The Morgan fingerprint density at radius 3 is 2.47 bits per heavy atom. The molecule has 0 aliphatic carbocycles. The summed E-state index contributed by atoms with van der Waals surface area (Å²) in [6.45, 7) is 0. The highest BCUT2D eigenvalue weighted by molar-refractivity contribution is 7.90. The van der Waals surface area contributed by atoms with Crippen LogP contribution in [0.15, 0.2) is 65.7 Å². The number of pyridine rings is 1. The van der Waals surface area contributed by atoms with Crippen molar-refractivity contribution in [3.8, 4) is 22.4 Å². The van der Waals surface area contributed by atoms with E-state index in [0.29, 0.717) is 29.1 Å². The molecule has 0 aliphatic heterocycles. The van der Waals surface area contributed by atoms with Crippen LogP contribution in [0, 0.1) is 0 Å². The molecule has 1 amide bonds. The normalized spacial score (nSPS) is 11.3. The first kappa shape index (κ1) is 22.0. The molecule has 0 saturated carbocycles. The Hall–Kier alpha value is -2.74. The number of aryl methyl sites for hydroxylation is 1. The van der Waals surface area contributed by atoms with Gasteiger partial charge in [-0.15, -0.1) is 0 Å². The van der Waals surface area contributed by atoms with Gasteiger partial charge in [0, 0.05) is 35.0 Å². The molecule has 0 atom stereocenters. The number of benzene rings is 2. The predicted octanol–water partition coefficient (Wildman–Crippen LogP) is 4.30. The fourth-order valence-electron chi connectivity index (χ4n) is 3.20. The topological polar surface area (TPSA) is 96.4 Å². The van der Waals surface area contributed by atoms with Crippen molar-refractivity contribution in [3.05, 3.63) is 71.4 Å². The van der Waals surface area contributed by atoms with Gasteiger partial charge in [-0.3, -0.25) is 15.0 Å². The first-order valence-electron chi connectivity index (χ1n) is 9.27. The molecule has 0 spiro atoms. The second kappa shape index (κ2) is 9.38. The molecule has 1 aromatic heterocycles. The van der Waals surface area contributed by atoms with Gasteiger partial charge < -0.3 is 0 Å². The highest BCUT2D eigenvalue weighted by Gasteiger charge is 2.19. The van der Waals surface area contributed by atoms with E-state index in [0.717, 1.165) is 16.7 Å². The van der Waals surface area contributed by atoms with Crippen LogP contribution in [0.1, 0.15) is 18.4 Å². The summed E-state index contributed by atoms with van der Waals surface area (Å²) in [5, 5.41) is 9.22. The molecule has 0 fully saturated rings. The molecule has 30 heavy (non-hydrogen) atoms. The number of hydroxylamine groups is 1. The zero-order valence-electron chi connectivity index (χ0n) is 16.3. The van der Waals surface area contributed by atoms with Crippen LogP contribution in [-0.2, 0) is 21.1 Å². The number of nitrogens with one attached hydrogen (secondary N) is 1. The van der Waals surface area contributed by atoms with E-state index in [1.165, 1.54) is 6.26 Å². The van der Waals surface area contributed by atoms with Crippen molar-refractivity contribution < 1.29 is 18.4 Å². The molecule has 0 saturated heterocycles. The SMILES string of the molecule is CS(=O)(=O)c1ccccc1-c1ncc(CCCC(=O)NO)cc1-c1ccc(Cl)cc1. The number of nitrogens with zero attached hydrogens (tertiary/aromatic N) is 1. The molecule has 3 rings (SSSR count). The van der Waals surface area contributed by atoms with E-state index in [1.807, 2.05) is 18.2 Å². The Balaban J connectivity index is 2.10. The molecule has 6 nitrogen and oxygen atoms in total. The van der Waals surface area contributed by atoms with Gasteiger partial charge in [0.25, 0.3) is 0 Å². The predicted molar refractivity (Wildman–Crippen MR) is 116 cm³/mol. The lowest BCUT2D eigenvalue weighted by molar-refractivity contribution is -0.129. The number of hydrogen-bond donors (Lipinski definition) is 2. The van der Waals surface area contributed by atoms with Crippen molar-refractivity contribution in [2.24, 2.45) is 0 Å². The van der Waals surface area contributed by atoms with Gasteiger partial charge in [0.15, 0.2) is 9.84 Å². The smallest absolute Gasteiger partial charge is 0.243 e. The summed E-state index contributed by atoms with van der Waals surface area (Å²) in [4.78, 5) is 16.0. The van der Waals surface area contributed by atoms with Crippen LogP contribution < -0.4 is 5.48 Å². The minimum Gasteiger partial charge on any atom is -0.289 e. The number of halogens is 1. The lowest BCUT2D eigenvalue weighted by atomic mass is 9.96. The Labute approximate surface area is 180 Å². The molecule has 2 aromatic carbocycles. The number of sulfone groups is 1. The van der Waals surface area contributed by atoms with Crippen LogP contribution in [0.3, 0.4) is 0 Å². The monoisotopic (exact) mass is 444 g/mol. The van der Waals surface area contributed by atoms with E-state index < -0.39 is 15.7 Å². The van der Waals surface area contributed by atoms with Gasteiger partial charge in [-0.1, -0.05) is 41.9 Å². The Morgan fingerprint density at radius 2 is 1.80 bits per heavy atom. The number of hydrogen-bond acceptors (Lipinski definition) is 5. The second-order valence-corrected chi connectivity index (χ2v) is 9.32. The van der Waals surface area contributed by atoms with E-state index in [9.17, 15) is 13.2 Å². The summed E-state index contributed by atoms with van der Waals surface area (Å²) in [7, 11) is -3.45. The van der Waals surface area contributed by atoms with E-state index in [-0.39, 0.29) is 11.3 Å². The van der Waals surface area contributed by atoms with Gasteiger partial charge in [0.05, 0.1) is 10.6 Å². The van der Waals surface area contributed by atoms with Crippen LogP contribution in [0.4, 0.5) is 0 Å². The zero-order valence-corrected chi connectivity index (χ0v) is 17.9. The minimum atomic E-state index is -3.45. The number of aromatic nitrogens is 1. The van der Waals surface area contributed by atoms with Crippen LogP contribution >= 0.6 is 11.6 Å². The van der Waals surface area contributed by atoms with Crippen molar-refractivity contribution in [2.45, 2.75) is 24.2 Å². The molecule has 0 radical (unpaired) electrons. The molecular weight excluding hydrogens is 424 g/mol. The molecule has 1 heterocycles. The Kier molecular flexibility index (Phi) is 6.87. The second-order valence-electron chi connectivity index (χ2n) is 6.90. The highest BCUT2D eigenvalue weighted by Crippen LogP contribution is 2.35. The molecule has 0 bridgehead atoms. The van der Waals surface area contributed by atoms with Gasteiger partial charge >= 0.3 is 0 Å². The molecule has 2 N–H and O–H groups in total. The maximum absolute atomic E-state index is 12.3. The maximum Gasteiger partial charge on any atom is 0.243 e. The van der Waals surface area contributed by atoms with Crippen LogP contribution in [0.2, 0.25) is 5.02 Å². The fourth-order valence-corrected chi connectivity index (χ4v) is 4.22. The van der Waals surface area contributed by atoms with Gasteiger partial charge in [-0.05, 0) is 48.2 Å². The first-order valence-corrected chi connectivity index (χ1v) is 11.5. The van der Waals surface area contributed by atoms with Crippen molar-refractivity contribution in [1.82, 2.24) is 10.5 Å². The molecule has 0 unspecified atom stereocenters. The van der Waals surface area contributed by atoms with E-state index in [2.05, 4.69) is 4.98 Å². The van der Waals surface area contributed by atoms with E-state index in [4.69, 9.17) is 16.8 Å². The van der Waals surface area contributed by atoms with Crippen molar-refractivity contribution in [2.75, 3.05) is 6.26 Å². The number of carbonyl (C=O) groups excluding carboxylic acids is 1. The minimum absolute atomic E-state index is 0.186. The molecule has 0 aliphatic rings. The zero-order chi connectivity index (χ0) is 21.7. The van der Waals surface area contributed by atoms with E-state index in [1.54, 1.807) is 48.1 Å². The maximum atomic E-state index is 12.3. The van der Waals surface area contributed by atoms with Gasteiger partial charge in [0.2, 0.25) is 5.91 Å². The quantitative estimate of drug-likeness (QED) is 0.418. The van der Waals surface area contributed by atoms with Gasteiger partial charge in [0.1, 0.15) is 0 Å². The highest BCUT2D eigenvalue weighted by atomic mass is 35.5. The lowest BCUT2D eigenvalue weighted by Crippen LogP contribution is -2.18. The summed E-state index contributed by atoms with van der Waals surface area (Å²) < 4.78 is 24.6. The van der Waals surface area contributed by atoms with Crippen LogP contribution in [0.5, 0.6) is 0 Å².